The molecule has 1 heterocycles. The average molecular weight is 454 g/mol. The number of halogens is 3. The normalized spacial score (nSPS) is 11.8. The molecule has 0 radical (unpaired) electrons. The Labute approximate surface area is 190 Å². The van der Waals surface area contributed by atoms with E-state index < -0.39 is 11.7 Å². The smallest absolute Gasteiger partial charge is 0.372 e. The van der Waals surface area contributed by atoms with E-state index >= 15 is 0 Å². The van der Waals surface area contributed by atoms with Gasteiger partial charge in [0.05, 0.1) is 23.1 Å². The number of nitrogens with zero attached hydrogens (tertiary/aromatic N) is 3. The topological polar surface area (TPSA) is 30.2 Å². The molecular weight excluding hydrogens is 427 g/mol. The van der Waals surface area contributed by atoms with E-state index in [-0.39, 0.29) is 17.8 Å². The van der Waals surface area contributed by atoms with Gasteiger partial charge in [0.25, 0.3) is 0 Å². The number of rotatable bonds is 6. The summed E-state index contributed by atoms with van der Waals surface area (Å²) < 4.78 is 43.6. The lowest BCUT2D eigenvalue weighted by Crippen LogP contribution is -2.31. The lowest BCUT2D eigenvalue weighted by molar-refractivity contribution is -0.138. The Morgan fingerprint density at radius 2 is 1.39 bits per heavy atom. The van der Waals surface area contributed by atoms with Gasteiger partial charge in [-0.1, -0.05) is 48.5 Å². The number of hydrogen-bond donors (Lipinski definition) is 0. The molecule has 0 aliphatic carbocycles. The fraction of sp³-hybridized carbons (Fsp3) is 0.269. The van der Waals surface area contributed by atoms with Crippen molar-refractivity contribution >= 4 is 16.7 Å². The molecule has 7 heteroatoms. The summed E-state index contributed by atoms with van der Waals surface area (Å²) in [7, 11) is 1.99. The van der Waals surface area contributed by atoms with Crippen LogP contribution in [-0.4, -0.2) is 22.7 Å². The number of likely N-dealkylation sites (N-methyl/N-ethyl adjacent to an activating group) is 1. The predicted molar refractivity (Wildman–Crippen MR) is 126 cm³/mol. The summed E-state index contributed by atoms with van der Waals surface area (Å²) >= 11 is 0. The number of fused-ring (bicyclic) bond motifs is 1. The van der Waals surface area contributed by atoms with Crippen molar-refractivity contribution in [2.45, 2.75) is 33.1 Å². The number of para-hydroxylation sites is 3. The monoisotopic (exact) mass is 453 g/mol. The van der Waals surface area contributed by atoms with Gasteiger partial charge >= 0.3 is 11.9 Å². The van der Waals surface area contributed by atoms with Crippen LogP contribution >= 0.6 is 0 Å². The van der Waals surface area contributed by atoms with Crippen molar-refractivity contribution in [3.63, 3.8) is 0 Å². The highest BCUT2D eigenvalue weighted by atomic mass is 19.4. The molecule has 0 atom stereocenters. The summed E-state index contributed by atoms with van der Waals surface area (Å²) in [6, 6.07) is 18.8. The first kappa shape index (κ1) is 22.7. The second-order valence-electron chi connectivity index (χ2n) is 8.33. The Kier molecular flexibility index (Phi) is 6.06. The maximum Gasteiger partial charge on any atom is 0.416 e. The predicted octanol–water partition coefficient (Wildman–Crippen LogP) is 5.62. The lowest BCUT2D eigenvalue weighted by Gasteiger charge is -2.23. The number of aromatic nitrogens is 2. The zero-order chi connectivity index (χ0) is 23.8. The van der Waals surface area contributed by atoms with Gasteiger partial charge in [0.15, 0.2) is 0 Å². The molecule has 0 unspecified atom stereocenters. The SMILES string of the molecule is Cc1cccc(C)c1N(C)CCn1c(=O)n(Cc2ccccc2C(F)(F)F)c2ccccc21. The van der Waals surface area contributed by atoms with Crippen molar-refractivity contribution in [2.75, 3.05) is 18.5 Å². The van der Waals surface area contributed by atoms with Crippen LogP contribution in [0.3, 0.4) is 0 Å². The number of hydrogen-bond acceptors (Lipinski definition) is 2. The van der Waals surface area contributed by atoms with Crippen molar-refractivity contribution in [3.05, 3.63) is 99.5 Å². The first-order chi connectivity index (χ1) is 15.7. The lowest BCUT2D eigenvalue weighted by atomic mass is 10.1. The quantitative estimate of drug-likeness (QED) is 0.379. The van der Waals surface area contributed by atoms with Crippen molar-refractivity contribution < 1.29 is 13.2 Å². The van der Waals surface area contributed by atoms with Crippen molar-refractivity contribution in [1.29, 1.82) is 0 Å². The van der Waals surface area contributed by atoms with Crippen LogP contribution in [0.5, 0.6) is 0 Å². The molecule has 0 amide bonds. The molecule has 4 aromatic rings. The van der Waals surface area contributed by atoms with E-state index in [0.29, 0.717) is 24.1 Å². The fourth-order valence-corrected chi connectivity index (χ4v) is 4.52. The maximum atomic E-state index is 13.5. The summed E-state index contributed by atoms with van der Waals surface area (Å²) in [4.78, 5) is 15.5. The van der Waals surface area contributed by atoms with Gasteiger partial charge in [0.1, 0.15) is 0 Å². The second kappa shape index (κ2) is 8.81. The summed E-state index contributed by atoms with van der Waals surface area (Å²) in [5, 5.41) is 0. The molecule has 0 spiro atoms. The molecule has 0 N–H and O–H groups in total. The molecule has 1 aromatic heterocycles. The molecular formula is C26H26F3N3O. The van der Waals surface area contributed by atoms with Gasteiger partial charge in [0.2, 0.25) is 0 Å². The van der Waals surface area contributed by atoms with Crippen LogP contribution in [0, 0.1) is 13.8 Å². The molecule has 4 nitrogen and oxygen atoms in total. The van der Waals surface area contributed by atoms with Crippen molar-refractivity contribution in [3.8, 4) is 0 Å². The number of anilines is 1. The highest BCUT2D eigenvalue weighted by Crippen LogP contribution is 2.32. The average Bonchev–Trinajstić information content (AvgIpc) is 3.03. The first-order valence-corrected chi connectivity index (χ1v) is 10.8. The van der Waals surface area contributed by atoms with Gasteiger partial charge < -0.3 is 4.90 Å². The van der Waals surface area contributed by atoms with Gasteiger partial charge in [-0.2, -0.15) is 13.2 Å². The van der Waals surface area contributed by atoms with E-state index in [1.54, 1.807) is 22.8 Å². The summed E-state index contributed by atoms with van der Waals surface area (Å²) in [5.74, 6) is 0. The van der Waals surface area contributed by atoms with E-state index in [0.717, 1.165) is 22.9 Å². The van der Waals surface area contributed by atoms with Crippen LogP contribution in [-0.2, 0) is 19.3 Å². The standard InChI is InChI=1S/C26H26F3N3O/c1-18-9-8-10-19(2)24(18)30(3)15-16-31-22-13-6-7-14-23(22)32(25(31)33)17-20-11-4-5-12-21(20)26(27,28)29/h4-14H,15-17H2,1-3H3. The molecule has 0 aliphatic rings. The fourth-order valence-electron chi connectivity index (χ4n) is 4.52. The van der Waals surface area contributed by atoms with Crippen LogP contribution in [0.2, 0.25) is 0 Å². The van der Waals surface area contributed by atoms with Gasteiger partial charge in [0, 0.05) is 25.8 Å². The molecule has 172 valence electrons. The minimum Gasteiger partial charge on any atom is -0.372 e. The molecule has 0 bridgehead atoms. The molecule has 0 aliphatic heterocycles. The maximum absolute atomic E-state index is 13.5. The zero-order valence-electron chi connectivity index (χ0n) is 18.9. The van der Waals surface area contributed by atoms with Gasteiger partial charge in [-0.05, 0) is 48.7 Å². The Bertz CT molecular complexity index is 1330. The summed E-state index contributed by atoms with van der Waals surface area (Å²) in [6.07, 6.45) is -4.48. The highest BCUT2D eigenvalue weighted by Gasteiger charge is 2.33. The summed E-state index contributed by atoms with van der Waals surface area (Å²) in [5.41, 5.74) is 3.78. The van der Waals surface area contributed by atoms with Gasteiger partial charge in [-0.25, -0.2) is 4.79 Å². The Morgan fingerprint density at radius 3 is 2.03 bits per heavy atom. The number of alkyl halides is 3. The molecule has 0 fully saturated rings. The minimum absolute atomic E-state index is 0.0719. The molecule has 3 aromatic carbocycles. The van der Waals surface area contributed by atoms with Crippen LogP contribution < -0.4 is 10.6 Å². The Balaban J connectivity index is 1.70. The second-order valence-corrected chi connectivity index (χ2v) is 8.33. The third-order valence-corrected chi connectivity index (χ3v) is 6.06. The van der Waals surface area contributed by atoms with E-state index in [4.69, 9.17) is 0 Å². The third kappa shape index (κ3) is 4.40. The minimum atomic E-state index is -4.48. The molecule has 0 saturated heterocycles. The van der Waals surface area contributed by atoms with Gasteiger partial charge in [-0.3, -0.25) is 9.13 Å². The number of benzene rings is 3. The van der Waals surface area contributed by atoms with E-state index in [1.807, 2.05) is 25.2 Å². The van der Waals surface area contributed by atoms with E-state index in [9.17, 15) is 18.0 Å². The van der Waals surface area contributed by atoms with Gasteiger partial charge in [-0.15, -0.1) is 0 Å². The van der Waals surface area contributed by atoms with Crippen LogP contribution in [0.25, 0.3) is 11.0 Å². The van der Waals surface area contributed by atoms with E-state index in [1.165, 1.54) is 16.7 Å². The van der Waals surface area contributed by atoms with Crippen LogP contribution in [0.15, 0.2) is 71.5 Å². The van der Waals surface area contributed by atoms with E-state index in [2.05, 4.69) is 30.9 Å². The Morgan fingerprint density at radius 1 is 0.818 bits per heavy atom. The zero-order valence-corrected chi connectivity index (χ0v) is 18.9. The number of aryl methyl sites for hydroxylation is 2. The molecule has 33 heavy (non-hydrogen) atoms. The largest absolute Gasteiger partial charge is 0.416 e. The first-order valence-electron chi connectivity index (χ1n) is 10.8. The molecule has 4 rings (SSSR count). The number of imidazole rings is 1. The third-order valence-electron chi connectivity index (χ3n) is 6.06. The van der Waals surface area contributed by atoms with Crippen LogP contribution in [0.1, 0.15) is 22.3 Å². The summed E-state index contributed by atoms with van der Waals surface area (Å²) in [6.45, 7) is 4.95. The van der Waals surface area contributed by atoms with Crippen LogP contribution in [0.4, 0.5) is 18.9 Å². The molecule has 0 saturated carbocycles. The highest BCUT2D eigenvalue weighted by molar-refractivity contribution is 5.76. The van der Waals surface area contributed by atoms with Crippen molar-refractivity contribution in [1.82, 2.24) is 9.13 Å². The Hall–Kier alpha value is -3.48. The van der Waals surface area contributed by atoms with Crippen molar-refractivity contribution in [2.24, 2.45) is 0 Å².